The molecule has 2 N–H and O–H groups in total. The second-order valence-electron chi connectivity index (χ2n) is 6.96. The van der Waals surface area contributed by atoms with Crippen LogP contribution in [0.2, 0.25) is 0 Å². The molecule has 2 aromatic carbocycles. The first-order valence-electron chi connectivity index (χ1n) is 9.51. The number of hydrogen-bond donors (Lipinski definition) is 2. The SMILES string of the molecule is CNC(C)C(=O)N[C@H]1CCc2ccccc2N(CCc2ccccc2)C1=O.Cl. The van der Waals surface area contributed by atoms with Crippen molar-refractivity contribution in [2.24, 2.45) is 0 Å². The Morgan fingerprint density at radius 3 is 2.54 bits per heavy atom. The van der Waals surface area contributed by atoms with Gasteiger partial charge in [0.1, 0.15) is 6.04 Å². The number of carbonyl (C=O) groups excluding carboxylic acids is 2. The minimum absolute atomic E-state index is 0. The van der Waals surface area contributed by atoms with Gasteiger partial charge in [-0.15, -0.1) is 12.4 Å². The van der Waals surface area contributed by atoms with E-state index in [0.29, 0.717) is 13.0 Å². The minimum atomic E-state index is -0.503. The lowest BCUT2D eigenvalue weighted by Crippen LogP contribution is -2.52. The molecule has 150 valence electrons. The number of nitrogens with zero attached hydrogens (tertiary/aromatic N) is 1. The van der Waals surface area contributed by atoms with Gasteiger partial charge in [-0.1, -0.05) is 48.5 Å². The van der Waals surface area contributed by atoms with Crippen LogP contribution in [0, 0.1) is 0 Å². The van der Waals surface area contributed by atoms with Crippen LogP contribution in [0.1, 0.15) is 24.5 Å². The van der Waals surface area contributed by atoms with Crippen LogP contribution >= 0.6 is 12.4 Å². The third kappa shape index (κ3) is 5.12. The number of aryl methyl sites for hydroxylation is 1. The number of halogens is 1. The molecule has 0 fully saturated rings. The van der Waals surface area contributed by atoms with Crippen molar-refractivity contribution in [3.63, 3.8) is 0 Å². The van der Waals surface area contributed by atoms with Gasteiger partial charge < -0.3 is 15.5 Å². The summed E-state index contributed by atoms with van der Waals surface area (Å²) in [6.45, 7) is 2.38. The van der Waals surface area contributed by atoms with Crippen LogP contribution in [-0.2, 0) is 22.4 Å². The van der Waals surface area contributed by atoms with Crippen LogP contribution in [0.4, 0.5) is 5.69 Å². The van der Waals surface area contributed by atoms with Gasteiger partial charge in [-0.25, -0.2) is 0 Å². The van der Waals surface area contributed by atoms with E-state index in [4.69, 9.17) is 0 Å². The molecule has 6 heteroatoms. The van der Waals surface area contributed by atoms with Gasteiger partial charge in [-0.05, 0) is 50.4 Å². The number of amides is 2. The third-order valence-corrected chi connectivity index (χ3v) is 5.16. The lowest BCUT2D eigenvalue weighted by molar-refractivity contribution is -0.128. The maximum atomic E-state index is 13.3. The highest BCUT2D eigenvalue weighted by Crippen LogP contribution is 2.27. The molecule has 0 radical (unpaired) electrons. The standard InChI is InChI=1S/C22H27N3O2.ClH/c1-16(23-2)21(26)24-19-13-12-18-10-6-7-11-20(18)25(22(19)27)15-14-17-8-4-3-5-9-17;/h3-11,16,19,23H,12-15H2,1-2H3,(H,24,26);1H/t16?,19-;/m0./s1. The summed E-state index contributed by atoms with van der Waals surface area (Å²) in [5, 5.41) is 5.85. The number of rotatable bonds is 6. The van der Waals surface area contributed by atoms with Gasteiger partial charge in [-0.2, -0.15) is 0 Å². The topological polar surface area (TPSA) is 61.4 Å². The van der Waals surface area contributed by atoms with Crippen molar-refractivity contribution in [2.45, 2.75) is 38.3 Å². The lowest BCUT2D eigenvalue weighted by Gasteiger charge is -2.27. The monoisotopic (exact) mass is 401 g/mol. The number of anilines is 1. The molecule has 1 aliphatic rings. The predicted molar refractivity (Wildman–Crippen MR) is 115 cm³/mol. The molecule has 0 bridgehead atoms. The van der Waals surface area contributed by atoms with Crippen molar-refractivity contribution in [3.8, 4) is 0 Å². The highest BCUT2D eigenvalue weighted by molar-refractivity contribution is 6.00. The molecule has 1 unspecified atom stereocenters. The largest absolute Gasteiger partial charge is 0.343 e. The predicted octanol–water partition coefficient (Wildman–Crippen LogP) is 2.72. The summed E-state index contributed by atoms with van der Waals surface area (Å²) in [6, 6.07) is 17.3. The summed E-state index contributed by atoms with van der Waals surface area (Å²) in [5.41, 5.74) is 3.30. The minimum Gasteiger partial charge on any atom is -0.343 e. The molecule has 5 nitrogen and oxygen atoms in total. The average Bonchev–Trinajstić information content (AvgIpc) is 2.83. The first kappa shape index (κ1) is 21.9. The van der Waals surface area contributed by atoms with E-state index in [1.165, 1.54) is 5.56 Å². The summed E-state index contributed by atoms with van der Waals surface area (Å²) < 4.78 is 0. The second-order valence-corrected chi connectivity index (χ2v) is 6.96. The Morgan fingerprint density at radius 1 is 1.14 bits per heavy atom. The van der Waals surface area contributed by atoms with E-state index < -0.39 is 6.04 Å². The van der Waals surface area contributed by atoms with Crippen molar-refractivity contribution in [1.82, 2.24) is 10.6 Å². The van der Waals surface area contributed by atoms with E-state index in [1.807, 2.05) is 41.3 Å². The summed E-state index contributed by atoms with van der Waals surface area (Å²) in [7, 11) is 1.74. The Labute approximate surface area is 172 Å². The molecular formula is C22H28ClN3O2. The van der Waals surface area contributed by atoms with E-state index in [0.717, 1.165) is 24.1 Å². The molecule has 0 aliphatic carbocycles. The van der Waals surface area contributed by atoms with Crippen molar-refractivity contribution < 1.29 is 9.59 Å². The second kappa shape index (κ2) is 10.2. The molecule has 0 saturated heterocycles. The van der Waals surface area contributed by atoms with Gasteiger partial charge in [0.2, 0.25) is 11.8 Å². The molecule has 28 heavy (non-hydrogen) atoms. The molecule has 0 saturated carbocycles. The Hall–Kier alpha value is -2.37. The summed E-state index contributed by atoms with van der Waals surface area (Å²) in [4.78, 5) is 27.4. The molecule has 2 aromatic rings. The number of nitrogens with one attached hydrogen (secondary N) is 2. The molecule has 3 rings (SSSR count). The van der Waals surface area contributed by atoms with Crippen LogP contribution in [0.3, 0.4) is 0 Å². The lowest BCUT2D eigenvalue weighted by atomic mass is 10.1. The highest BCUT2D eigenvalue weighted by Gasteiger charge is 2.31. The molecule has 2 atom stereocenters. The van der Waals surface area contributed by atoms with Crippen molar-refractivity contribution in [1.29, 1.82) is 0 Å². The smallest absolute Gasteiger partial charge is 0.249 e. The normalized spacial score (nSPS) is 17.1. The van der Waals surface area contributed by atoms with Crippen molar-refractivity contribution in [3.05, 3.63) is 65.7 Å². The fourth-order valence-corrected chi connectivity index (χ4v) is 3.39. The maximum absolute atomic E-state index is 13.3. The molecular weight excluding hydrogens is 374 g/mol. The number of likely N-dealkylation sites (N-methyl/N-ethyl adjacent to an activating group) is 1. The molecule has 1 aliphatic heterocycles. The summed E-state index contributed by atoms with van der Waals surface area (Å²) >= 11 is 0. The zero-order valence-corrected chi connectivity index (χ0v) is 17.2. The van der Waals surface area contributed by atoms with E-state index in [2.05, 4.69) is 28.8 Å². The Balaban J connectivity index is 0.00000280. The van der Waals surface area contributed by atoms with E-state index in [9.17, 15) is 9.59 Å². The highest BCUT2D eigenvalue weighted by atomic mass is 35.5. The van der Waals surface area contributed by atoms with E-state index in [1.54, 1.807) is 14.0 Å². The van der Waals surface area contributed by atoms with Gasteiger partial charge in [0.05, 0.1) is 6.04 Å². The van der Waals surface area contributed by atoms with Crippen LogP contribution < -0.4 is 15.5 Å². The molecule has 0 aromatic heterocycles. The molecule has 1 heterocycles. The quantitative estimate of drug-likeness (QED) is 0.782. The number of fused-ring (bicyclic) bond motifs is 1. The van der Waals surface area contributed by atoms with Gasteiger partial charge >= 0.3 is 0 Å². The van der Waals surface area contributed by atoms with Gasteiger partial charge in [0, 0.05) is 12.2 Å². The first-order valence-corrected chi connectivity index (χ1v) is 9.51. The van der Waals surface area contributed by atoms with Crippen LogP contribution in [0.15, 0.2) is 54.6 Å². The molecule has 0 spiro atoms. The van der Waals surface area contributed by atoms with E-state index in [-0.39, 0.29) is 30.3 Å². The van der Waals surface area contributed by atoms with Crippen LogP contribution in [-0.4, -0.2) is 37.5 Å². The van der Waals surface area contributed by atoms with Crippen molar-refractivity contribution in [2.75, 3.05) is 18.5 Å². The van der Waals surface area contributed by atoms with Crippen molar-refractivity contribution >= 4 is 29.9 Å². The number of carbonyl (C=O) groups is 2. The molecule has 2 amide bonds. The van der Waals surface area contributed by atoms with Gasteiger partial charge in [0.15, 0.2) is 0 Å². The third-order valence-electron chi connectivity index (χ3n) is 5.16. The zero-order valence-electron chi connectivity index (χ0n) is 16.4. The summed E-state index contributed by atoms with van der Waals surface area (Å²) in [5.74, 6) is -0.183. The van der Waals surface area contributed by atoms with Crippen LogP contribution in [0.5, 0.6) is 0 Å². The fraction of sp³-hybridized carbons (Fsp3) is 0.364. The Bertz CT molecular complexity index is 797. The van der Waals surface area contributed by atoms with Gasteiger partial charge in [-0.3, -0.25) is 9.59 Å². The number of para-hydroxylation sites is 1. The fourth-order valence-electron chi connectivity index (χ4n) is 3.39. The van der Waals surface area contributed by atoms with Crippen LogP contribution in [0.25, 0.3) is 0 Å². The zero-order chi connectivity index (χ0) is 19.2. The Kier molecular flexibility index (Phi) is 8.03. The number of benzene rings is 2. The summed E-state index contributed by atoms with van der Waals surface area (Å²) in [6.07, 6.45) is 2.15. The Morgan fingerprint density at radius 2 is 1.82 bits per heavy atom. The number of hydrogen-bond acceptors (Lipinski definition) is 3. The average molecular weight is 402 g/mol. The first-order chi connectivity index (χ1) is 13.1. The van der Waals surface area contributed by atoms with Gasteiger partial charge in [0.25, 0.3) is 0 Å². The van der Waals surface area contributed by atoms with E-state index >= 15 is 0 Å². The maximum Gasteiger partial charge on any atom is 0.249 e.